The molecule has 2 bridgehead atoms. The van der Waals surface area contributed by atoms with Gasteiger partial charge in [0.05, 0.1) is 11.8 Å². The van der Waals surface area contributed by atoms with Gasteiger partial charge in [-0.1, -0.05) is 36.4 Å². The van der Waals surface area contributed by atoms with E-state index in [9.17, 15) is 13.2 Å². The number of likely N-dealkylation sites (tertiary alicyclic amines) is 1. The van der Waals surface area contributed by atoms with Crippen molar-refractivity contribution in [3.8, 4) is 0 Å². The SMILES string of the molecule is NC(=S)NN=Cc1ccc(N2C[C@@H]3C[C@H]2CN3Cc2ccccc2)c(C(F)(F)F)c1. The van der Waals surface area contributed by atoms with Gasteiger partial charge in [-0.25, -0.2) is 0 Å². The number of nitrogens with two attached hydrogens (primary N) is 1. The fraction of sp³-hybridized carbons (Fsp3) is 0.333. The lowest BCUT2D eigenvalue weighted by Crippen LogP contribution is -2.46. The quantitative estimate of drug-likeness (QED) is 0.430. The van der Waals surface area contributed by atoms with E-state index in [1.165, 1.54) is 17.8 Å². The van der Waals surface area contributed by atoms with Crippen molar-refractivity contribution < 1.29 is 13.2 Å². The molecule has 2 fully saturated rings. The Hall–Kier alpha value is -2.65. The van der Waals surface area contributed by atoms with Gasteiger partial charge >= 0.3 is 6.18 Å². The van der Waals surface area contributed by atoms with Crippen LogP contribution < -0.4 is 16.1 Å². The third-order valence-electron chi connectivity index (χ3n) is 5.61. The first-order valence-corrected chi connectivity index (χ1v) is 10.1. The van der Waals surface area contributed by atoms with Crippen LogP contribution in [0.4, 0.5) is 18.9 Å². The van der Waals surface area contributed by atoms with Crippen LogP contribution in [0.2, 0.25) is 0 Å². The van der Waals surface area contributed by atoms with Gasteiger partial charge in [0.2, 0.25) is 0 Å². The summed E-state index contributed by atoms with van der Waals surface area (Å²) in [7, 11) is 0. The van der Waals surface area contributed by atoms with Gasteiger partial charge in [0, 0.05) is 37.4 Å². The number of hydrazone groups is 1. The van der Waals surface area contributed by atoms with E-state index in [1.807, 2.05) is 23.1 Å². The van der Waals surface area contributed by atoms with Crippen molar-refractivity contribution in [2.24, 2.45) is 10.8 Å². The fourth-order valence-electron chi connectivity index (χ4n) is 4.34. The summed E-state index contributed by atoms with van der Waals surface area (Å²) in [4.78, 5) is 4.27. The molecule has 0 amide bonds. The molecule has 0 unspecified atom stereocenters. The number of fused-ring (bicyclic) bond motifs is 2. The Morgan fingerprint density at radius 2 is 1.93 bits per heavy atom. The molecule has 0 spiro atoms. The zero-order valence-electron chi connectivity index (χ0n) is 16.1. The number of anilines is 1. The second kappa shape index (κ2) is 8.23. The summed E-state index contributed by atoms with van der Waals surface area (Å²) in [5.41, 5.74) is 8.75. The molecule has 2 aliphatic heterocycles. The van der Waals surface area contributed by atoms with Crippen molar-refractivity contribution in [2.75, 3.05) is 18.0 Å². The lowest BCUT2D eigenvalue weighted by atomic mass is 10.1. The maximum absolute atomic E-state index is 13.8. The molecule has 0 aromatic heterocycles. The predicted octanol–water partition coefficient (Wildman–Crippen LogP) is 3.34. The van der Waals surface area contributed by atoms with Gasteiger partial charge in [-0.3, -0.25) is 10.3 Å². The van der Waals surface area contributed by atoms with Gasteiger partial charge in [-0.2, -0.15) is 18.3 Å². The Morgan fingerprint density at radius 1 is 1.17 bits per heavy atom. The molecule has 0 radical (unpaired) electrons. The highest BCUT2D eigenvalue weighted by atomic mass is 32.1. The van der Waals surface area contributed by atoms with Gasteiger partial charge in [-0.05, 0) is 41.9 Å². The van der Waals surface area contributed by atoms with Gasteiger partial charge in [0.1, 0.15) is 0 Å². The summed E-state index contributed by atoms with van der Waals surface area (Å²) in [5, 5.41) is 3.70. The van der Waals surface area contributed by atoms with Crippen LogP contribution in [0.3, 0.4) is 0 Å². The molecule has 30 heavy (non-hydrogen) atoms. The van der Waals surface area contributed by atoms with Crippen LogP contribution in [0.1, 0.15) is 23.1 Å². The summed E-state index contributed by atoms with van der Waals surface area (Å²) in [6, 6.07) is 14.8. The highest BCUT2D eigenvalue weighted by Crippen LogP contribution is 2.42. The lowest BCUT2D eigenvalue weighted by Gasteiger charge is -2.36. The van der Waals surface area contributed by atoms with E-state index in [0.717, 1.165) is 25.6 Å². The van der Waals surface area contributed by atoms with E-state index in [2.05, 4.69) is 39.8 Å². The standard InChI is InChI=1S/C21H22F3N5S/c22-21(23,24)18-8-15(10-26-27-20(25)30)6-7-19(18)29-13-16-9-17(29)12-28(16)11-14-4-2-1-3-5-14/h1-8,10,16-17H,9,11-13H2,(H3,25,27,30)/t16-,17-/m0/s1. The van der Waals surface area contributed by atoms with Crippen LogP contribution >= 0.6 is 12.2 Å². The molecule has 2 atom stereocenters. The summed E-state index contributed by atoms with van der Waals surface area (Å²) < 4.78 is 41.4. The van der Waals surface area contributed by atoms with Crippen molar-refractivity contribution >= 4 is 29.2 Å². The second-order valence-electron chi connectivity index (χ2n) is 7.62. The third kappa shape index (κ3) is 4.41. The van der Waals surface area contributed by atoms with Crippen molar-refractivity contribution in [2.45, 2.75) is 31.2 Å². The molecule has 9 heteroatoms. The molecular weight excluding hydrogens is 411 g/mol. The Labute approximate surface area is 178 Å². The number of thiocarbonyl (C=S) groups is 1. The third-order valence-corrected chi connectivity index (χ3v) is 5.70. The summed E-state index contributed by atoms with van der Waals surface area (Å²) in [6.07, 6.45) is -2.30. The van der Waals surface area contributed by atoms with E-state index in [4.69, 9.17) is 5.73 Å². The maximum atomic E-state index is 13.8. The molecule has 2 aromatic rings. The second-order valence-corrected chi connectivity index (χ2v) is 8.06. The number of nitrogens with one attached hydrogen (secondary N) is 1. The Bertz CT molecular complexity index is 947. The zero-order chi connectivity index (χ0) is 21.3. The maximum Gasteiger partial charge on any atom is 0.418 e. The zero-order valence-corrected chi connectivity index (χ0v) is 17.0. The Balaban J connectivity index is 1.52. The van der Waals surface area contributed by atoms with E-state index in [1.54, 1.807) is 6.07 Å². The number of hydrogen-bond acceptors (Lipinski definition) is 4. The van der Waals surface area contributed by atoms with Crippen LogP contribution in [-0.2, 0) is 12.7 Å². The van der Waals surface area contributed by atoms with Crippen LogP contribution in [0.15, 0.2) is 53.6 Å². The van der Waals surface area contributed by atoms with Crippen molar-refractivity contribution in [3.05, 3.63) is 65.2 Å². The van der Waals surface area contributed by atoms with E-state index < -0.39 is 11.7 Å². The molecule has 5 nitrogen and oxygen atoms in total. The van der Waals surface area contributed by atoms with Gasteiger partial charge in [-0.15, -0.1) is 0 Å². The first kappa shape index (κ1) is 20.6. The fourth-order valence-corrected chi connectivity index (χ4v) is 4.39. The van der Waals surface area contributed by atoms with Crippen LogP contribution in [0, 0.1) is 0 Å². The number of piperazine rings is 1. The monoisotopic (exact) mass is 433 g/mol. The van der Waals surface area contributed by atoms with Crippen LogP contribution in [0.5, 0.6) is 0 Å². The molecule has 3 N–H and O–H groups in total. The largest absolute Gasteiger partial charge is 0.418 e. The van der Waals surface area contributed by atoms with Crippen molar-refractivity contribution in [3.63, 3.8) is 0 Å². The predicted molar refractivity (Wildman–Crippen MR) is 115 cm³/mol. The molecule has 0 saturated carbocycles. The highest BCUT2D eigenvalue weighted by Gasteiger charge is 2.45. The number of benzene rings is 2. The van der Waals surface area contributed by atoms with Crippen molar-refractivity contribution in [1.29, 1.82) is 0 Å². The molecular formula is C21H22F3N5S. The molecule has 2 heterocycles. The summed E-state index contributed by atoms with van der Waals surface area (Å²) in [6.45, 7) is 2.18. The first-order chi connectivity index (χ1) is 14.3. The normalized spacial score (nSPS) is 21.5. The van der Waals surface area contributed by atoms with Gasteiger partial charge < -0.3 is 10.6 Å². The van der Waals surface area contributed by atoms with E-state index in [-0.39, 0.29) is 22.9 Å². The van der Waals surface area contributed by atoms with Crippen molar-refractivity contribution in [1.82, 2.24) is 10.3 Å². The van der Waals surface area contributed by atoms with Crippen LogP contribution in [-0.4, -0.2) is 41.4 Å². The van der Waals surface area contributed by atoms with Gasteiger partial charge in [0.15, 0.2) is 5.11 Å². The van der Waals surface area contributed by atoms with Gasteiger partial charge in [0.25, 0.3) is 0 Å². The number of alkyl halides is 3. The number of nitrogens with zero attached hydrogens (tertiary/aromatic N) is 3. The van der Waals surface area contributed by atoms with Crippen LogP contribution in [0.25, 0.3) is 0 Å². The molecule has 0 aliphatic carbocycles. The lowest BCUT2D eigenvalue weighted by molar-refractivity contribution is -0.137. The smallest absolute Gasteiger partial charge is 0.375 e. The molecule has 2 saturated heterocycles. The average Bonchev–Trinajstić information content (AvgIpc) is 3.28. The molecule has 2 aromatic carbocycles. The average molecular weight is 434 g/mol. The first-order valence-electron chi connectivity index (χ1n) is 9.65. The summed E-state index contributed by atoms with van der Waals surface area (Å²) >= 11 is 4.63. The topological polar surface area (TPSA) is 56.9 Å². The minimum absolute atomic E-state index is 0.0490. The number of halogens is 3. The highest BCUT2D eigenvalue weighted by molar-refractivity contribution is 7.80. The minimum Gasteiger partial charge on any atom is -0.375 e. The number of rotatable bonds is 5. The molecule has 4 rings (SSSR count). The molecule has 158 valence electrons. The number of hydrogen-bond donors (Lipinski definition) is 2. The molecule has 2 aliphatic rings. The van der Waals surface area contributed by atoms with E-state index in [0.29, 0.717) is 12.1 Å². The Kier molecular flexibility index (Phi) is 5.66. The van der Waals surface area contributed by atoms with E-state index >= 15 is 0 Å². The summed E-state index contributed by atoms with van der Waals surface area (Å²) in [5.74, 6) is 0. The Morgan fingerprint density at radius 3 is 2.57 bits per heavy atom. The minimum atomic E-state index is -4.46.